The number of carbonyl (C=O) groups is 2. The van der Waals surface area contributed by atoms with E-state index in [-0.39, 0.29) is 23.9 Å². The van der Waals surface area contributed by atoms with Gasteiger partial charge in [0.2, 0.25) is 0 Å². The maximum atomic E-state index is 13.6. The van der Waals surface area contributed by atoms with Crippen molar-refractivity contribution < 1.29 is 18.7 Å². The van der Waals surface area contributed by atoms with Crippen LogP contribution in [-0.4, -0.2) is 27.7 Å². The van der Waals surface area contributed by atoms with Crippen LogP contribution in [0.25, 0.3) is 5.65 Å². The monoisotopic (exact) mass is 354 g/mol. The quantitative estimate of drug-likeness (QED) is 0.389. The molecule has 0 fully saturated rings. The van der Waals surface area contributed by atoms with E-state index in [2.05, 4.69) is 15.2 Å². The van der Waals surface area contributed by atoms with Gasteiger partial charge in [0.05, 0.1) is 12.3 Å². The summed E-state index contributed by atoms with van der Waals surface area (Å²) in [5.74, 6) is -1.17. The molecule has 0 saturated heterocycles. The van der Waals surface area contributed by atoms with Gasteiger partial charge < -0.3 is 4.74 Å². The number of nitrogens with zero attached hydrogens (tertiary/aromatic N) is 4. The van der Waals surface area contributed by atoms with E-state index in [1.54, 1.807) is 31.2 Å². The summed E-state index contributed by atoms with van der Waals surface area (Å²) in [5.41, 5.74) is 1.31. The fraction of sp³-hybridized carbons (Fsp3) is 0.167. The van der Waals surface area contributed by atoms with Crippen LogP contribution in [0.15, 0.2) is 52.8 Å². The van der Waals surface area contributed by atoms with Gasteiger partial charge in [-0.05, 0) is 50.2 Å². The number of Topliss-reactive ketones (excluding diaryl/α,β-unsaturated/α-hetero) is 1. The lowest BCUT2D eigenvalue weighted by Crippen LogP contribution is -2.05. The second-order valence-corrected chi connectivity index (χ2v) is 5.38. The van der Waals surface area contributed by atoms with E-state index in [1.807, 2.05) is 0 Å². The van der Waals surface area contributed by atoms with Crippen LogP contribution in [0, 0.1) is 5.82 Å². The van der Waals surface area contributed by atoms with Crippen molar-refractivity contribution in [3.8, 4) is 0 Å². The fourth-order valence-corrected chi connectivity index (χ4v) is 2.31. The average Bonchev–Trinajstić information content (AvgIpc) is 2.98. The van der Waals surface area contributed by atoms with Gasteiger partial charge >= 0.3 is 5.97 Å². The van der Waals surface area contributed by atoms with Gasteiger partial charge in [-0.25, -0.2) is 14.2 Å². The highest BCUT2D eigenvalue weighted by Gasteiger charge is 2.20. The number of hydrogen-bond donors (Lipinski definition) is 0. The van der Waals surface area contributed by atoms with Crippen LogP contribution >= 0.6 is 0 Å². The van der Waals surface area contributed by atoms with Crippen LogP contribution in [0.1, 0.15) is 34.7 Å². The number of ether oxygens (including phenoxy) is 1. The second-order valence-electron chi connectivity index (χ2n) is 5.38. The zero-order valence-corrected chi connectivity index (χ0v) is 14.1. The Hall–Kier alpha value is -3.42. The van der Waals surface area contributed by atoms with Crippen LogP contribution in [0.2, 0.25) is 0 Å². The van der Waals surface area contributed by atoms with Crippen LogP contribution in [0.4, 0.5) is 15.9 Å². The molecule has 0 aliphatic rings. The van der Waals surface area contributed by atoms with Gasteiger partial charge in [-0.3, -0.25) is 9.20 Å². The normalized spacial score (nSPS) is 11.2. The van der Waals surface area contributed by atoms with Crippen molar-refractivity contribution in [3.05, 3.63) is 59.7 Å². The van der Waals surface area contributed by atoms with Gasteiger partial charge in [0.25, 0.3) is 0 Å². The summed E-state index contributed by atoms with van der Waals surface area (Å²) in [5, 5.41) is 8.11. The predicted octanol–water partition coefficient (Wildman–Crippen LogP) is 4.27. The third kappa shape index (κ3) is 3.49. The van der Waals surface area contributed by atoms with E-state index in [0.717, 1.165) is 6.20 Å². The molecule has 0 aliphatic heterocycles. The van der Waals surface area contributed by atoms with Crippen molar-refractivity contribution in [2.45, 2.75) is 13.8 Å². The summed E-state index contributed by atoms with van der Waals surface area (Å²) < 4.78 is 19.9. The lowest BCUT2D eigenvalue weighted by Gasteiger charge is -2.00. The van der Waals surface area contributed by atoms with Crippen LogP contribution in [0.5, 0.6) is 0 Å². The van der Waals surface area contributed by atoms with Crippen LogP contribution < -0.4 is 0 Å². The number of aromatic nitrogens is 2. The van der Waals surface area contributed by atoms with Gasteiger partial charge in [-0.1, -0.05) is 0 Å². The SMILES string of the molecule is CCOC(=O)c1nc2ccc(F)cn2c1N=Nc1ccc(C(C)=O)cc1. The van der Waals surface area contributed by atoms with Gasteiger partial charge in [0.1, 0.15) is 11.5 Å². The highest BCUT2D eigenvalue weighted by Crippen LogP contribution is 2.25. The summed E-state index contributed by atoms with van der Waals surface area (Å²) in [6.07, 6.45) is 1.16. The number of hydrogen-bond acceptors (Lipinski definition) is 6. The number of azo groups is 1. The molecule has 0 bridgehead atoms. The molecule has 2 heterocycles. The molecule has 7 nitrogen and oxygen atoms in total. The first kappa shape index (κ1) is 17.4. The molecule has 8 heteroatoms. The third-order valence-electron chi connectivity index (χ3n) is 3.56. The molecular formula is C18H15FN4O3. The minimum absolute atomic E-state index is 0.0541. The Kier molecular flexibility index (Phi) is 4.83. The van der Waals surface area contributed by atoms with E-state index >= 15 is 0 Å². The Balaban J connectivity index is 2.04. The zero-order chi connectivity index (χ0) is 18.7. The number of esters is 1. The largest absolute Gasteiger partial charge is 0.461 e. The van der Waals surface area contributed by atoms with Crippen molar-refractivity contribution in [2.24, 2.45) is 10.2 Å². The van der Waals surface area contributed by atoms with Crippen molar-refractivity contribution in [1.82, 2.24) is 9.38 Å². The Morgan fingerprint density at radius 1 is 1.15 bits per heavy atom. The van der Waals surface area contributed by atoms with Crippen LogP contribution in [0.3, 0.4) is 0 Å². The van der Waals surface area contributed by atoms with Crippen molar-refractivity contribution in [2.75, 3.05) is 6.61 Å². The lowest BCUT2D eigenvalue weighted by molar-refractivity contribution is 0.0521. The van der Waals surface area contributed by atoms with Crippen LogP contribution in [-0.2, 0) is 4.74 Å². The number of ketones is 1. The molecule has 0 N–H and O–H groups in total. The molecule has 0 unspecified atom stereocenters. The minimum atomic E-state index is -0.669. The standard InChI is InChI=1S/C18H15FN4O3/c1-3-26-18(25)16-17(23-10-13(19)6-9-15(23)20-16)22-21-14-7-4-12(5-8-14)11(2)24/h4-10H,3H2,1-2H3. The Labute approximate surface area is 148 Å². The highest BCUT2D eigenvalue weighted by molar-refractivity contribution is 5.94. The summed E-state index contributed by atoms with van der Waals surface area (Å²) in [6.45, 7) is 3.31. The predicted molar refractivity (Wildman–Crippen MR) is 91.7 cm³/mol. The third-order valence-corrected chi connectivity index (χ3v) is 3.56. The maximum absolute atomic E-state index is 13.6. The number of pyridine rings is 1. The highest BCUT2D eigenvalue weighted by atomic mass is 19.1. The van der Waals surface area contributed by atoms with Crippen molar-refractivity contribution in [1.29, 1.82) is 0 Å². The number of fused-ring (bicyclic) bond motifs is 1. The molecule has 26 heavy (non-hydrogen) atoms. The van der Waals surface area contributed by atoms with Crippen molar-refractivity contribution >= 4 is 28.9 Å². The Bertz CT molecular complexity index is 1010. The molecule has 132 valence electrons. The number of benzene rings is 1. The lowest BCUT2D eigenvalue weighted by atomic mass is 10.1. The minimum Gasteiger partial charge on any atom is -0.461 e. The molecular weight excluding hydrogens is 339 g/mol. The summed E-state index contributed by atoms with van der Waals surface area (Å²) in [7, 11) is 0. The Morgan fingerprint density at radius 3 is 2.54 bits per heavy atom. The average molecular weight is 354 g/mol. The summed E-state index contributed by atoms with van der Waals surface area (Å²) >= 11 is 0. The Morgan fingerprint density at radius 2 is 1.88 bits per heavy atom. The molecule has 0 aliphatic carbocycles. The molecule has 3 rings (SSSR count). The van der Waals surface area contributed by atoms with E-state index < -0.39 is 11.8 Å². The maximum Gasteiger partial charge on any atom is 0.360 e. The number of imidazole rings is 1. The molecule has 2 aromatic heterocycles. The van der Waals surface area contributed by atoms with E-state index in [1.165, 1.54) is 23.5 Å². The van der Waals surface area contributed by atoms with Gasteiger partial charge in [-0.15, -0.1) is 10.2 Å². The zero-order valence-electron chi connectivity index (χ0n) is 14.1. The second kappa shape index (κ2) is 7.22. The number of rotatable bonds is 5. The van der Waals surface area contributed by atoms with E-state index in [0.29, 0.717) is 16.9 Å². The smallest absolute Gasteiger partial charge is 0.360 e. The summed E-state index contributed by atoms with van der Waals surface area (Å²) in [4.78, 5) is 27.6. The molecule has 0 saturated carbocycles. The van der Waals surface area contributed by atoms with Gasteiger partial charge in [0, 0.05) is 11.8 Å². The molecule has 0 amide bonds. The fourth-order valence-electron chi connectivity index (χ4n) is 2.31. The van der Waals surface area contributed by atoms with Gasteiger partial charge in [-0.2, -0.15) is 0 Å². The first-order valence-electron chi connectivity index (χ1n) is 7.87. The van der Waals surface area contributed by atoms with E-state index in [9.17, 15) is 14.0 Å². The first-order valence-corrected chi connectivity index (χ1v) is 7.87. The van der Waals surface area contributed by atoms with Crippen molar-refractivity contribution in [3.63, 3.8) is 0 Å². The van der Waals surface area contributed by atoms with E-state index in [4.69, 9.17) is 4.74 Å². The molecule has 0 radical (unpaired) electrons. The molecule has 0 spiro atoms. The topological polar surface area (TPSA) is 85.4 Å². The molecule has 1 aromatic carbocycles. The van der Waals surface area contributed by atoms with Gasteiger partial charge in [0.15, 0.2) is 17.3 Å². The number of halogens is 1. The number of carbonyl (C=O) groups excluding carboxylic acids is 2. The first-order chi connectivity index (χ1) is 12.5. The summed E-state index contributed by atoms with van der Waals surface area (Å²) in [6, 6.07) is 9.15. The molecule has 0 atom stereocenters. The molecule has 3 aromatic rings.